The molecule has 0 atom stereocenters. The van der Waals surface area contributed by atoms with Crippen molar-refractivity contribution in [2.75, 3.05) is 13.7 Å². The lowest BCUT2D eigenvalue weighted by Gasteiger charge is -2.08. The van der Waals surface area contributed by atoms with Crippen molar-refractivity contribution in [2.45, 2.75) is 6.42 Å². The Morgan fingerprint density at radius 1 is 1.16 bits per heavy atom. The lowest BCUT2D eigenvalue weighted by atomic mass is 10.1. The van der Waals surface area contributed by atoms with E-state index in [9.17, 15) is 9.18 Å². The second kappa shape index (κ2) is 7.57. The number of carbonyl (C=O) groups is 1. The number of carbonyl (C=O) groups excluding carboxylic acids is 1. The number of ether oxygens (including phenoxy) is 1. The number of amides is 1. The molecule has 0 saturated heterocycles. The van der Waals surface area contributed by atoms with Gasteiger partial charge in [0, 0.05) is 12.1 Å². The molecule has 0 radical (unpaired) electrons. The van der Waals surface area contributed by atoms with Gasteiger partial charge in [-0.1, -0.05) is 18.2 Å². The van der Waals surface area contributed by atoms with E-state index in [1.54, 1.807) is 7.11 Å². The second-order valence-electron chi connectivity index (χ2n) is 5.24. The summed E-state index contributed by atoms with van der Waals surface area (Å²) in [7, 11) is 1.60. The Bertz CT molecular complexity index is 862. The third-order valence-corrected chi connectivity index (χ3v) is 3.58. The number of hydrogen-bond acceptors (Lipinski definition) is 5. The molecular weight excluding hydrogens is 325 g/mol. The average molecular weight is 341 g/mol. The molecule has 2 aromatic carbocycles. The van der Waals surface area contributed by atoms with Crippen LogP contribution in [0.25, 0.3) is 11.5 Å². The molecule has 0 unspecified atom stereocenters. The summed E-state index contributed by atoms with van der Waals surface area (Å²) in [6, 6.07) is 13.2. The number of nitrogens with zero attached hydrogens (tertiary/aromatic N) is 2. The highest BCUT2D eigenvalue weighted by molar-refractivity contribution is 5.89. The van der Waals surface area contributed by atoms with Crippen LogP contribution < -0.4 is 10.1 Å². The van der Waals surface area contributed by atoms with Gasteiger partial charge in [0.2, 0.25) is 5.89 Å². The molecule has 7 heteroatoms. The van der Waals surface area contributed by atoms with Gasteiger partial charge in [0.15, 0.2) is 0 Å². The molecule has 3 rings (SSSR count). The Morgan fingerprint density at radius 3 is 2.68 bits per heavy atom. The predicted octanol–water partition coefficient (Wildman–Crippen LogP) is 2.86. The molecule has 0 spiro atoms. The van der Waals surface area contributed by atoms with Crippen LogP contribution in [-0.2, 0) is 6.42 Å². The third kappa shape index (κ3) is 4.00. The minimum absolute atomic E-state index is 0.139. The van der Waals surface area contributed by atoms with E-state index in [0.717, 1.165) is 11.3 Å². The monoisotopic (exact) mass is 341 g/mol. The Kier molecular flexibility index (Phi) is 5.03. The van der Waals surface area contributed by atoms with Crippen molar-refractivity contribution in [3.05, 3.63) is 65.8 Å². The Hall–Kier alpha value is -3.22. The van der Waals surface area contributed by atoms with E-state index in [4.69, 9.17) is 9.15 Å². The number of hydrogen-bond donors (Lipinski definition) is 1. The zero-order chi connectivity index (χ0) is 17.6. The van der Waals surface area contributed by atoms with Gasteiger partial charge in [-0.3, -0.25) is 4.79 Å². The molecule has 1 aromatic heterocycles. The lowest BCUT2D eigenvalue weighted by Crippen LogP contribution is -2.26. The van der Waals surface area contributed by atoms with Gasteiger partial charge in [-0.2, -0.15) is 0 Å². The van der Waals surface area contributed by atoms with E-state index >= 15 is 0 Å². The highest BCUT2D eigenvalue weighted by Crippen LogP contribution is 2.19. The quantitative estimate of drug-likeness (QED) is 0.746. The maximum absolute atomic E-state index is 12.9. The minimum Gasteiger partial charge on any atom is -0.496 e. The van der Waals surface area contributed by atoms with Crippen molar-refractivity contribution in [1.29, 1.82) is 0 Å². The minimum atomic E-state index is -0.462. The fourth-order valence-electron chi connectivity index (χ4n) is 2.32. The molecule has 0 bridgehead atoms. The van der Waals surface area contributed by atoms with Crippen LogP contribution in [0.5, 0.6) is 5.75 Å². The van der Waals surface area contributed by atoms with Crippen molar-refractivity contribution in [3.8, 4) is 17.2 Å². The summed E-state index contributed by atoms with van der Waals surface area (Å²) in [6.07, 6.45) is 0.606. The first kappa shape index (κ1) is 16.6. The third-order valence-electron chi connectivity index (χ3n) is 3.58. The molecule has 6 nitrogen and oxygen atoms in total. The summed E-state index contributed by atoms with van der Waals surface area (Å²) in [4.78, 5) is 12.1. The van der Waals surface area contributed by atoms with Crippen molar-refractivity contribution in [1.82, 2.24) is 15.5 Å². The number of nitrogens with one attached hydrogen (secondary N) is 1. The Labute approximate surface area is 143 Å². The first-order valence-electron chi connectivity index (χ1n) is 7.67. The zero-order valence-electron chi connectivity index (χ0n) is 13.5. The summed E-state index contributed by atoms with van der Waals surface area (Å²) < 4.78 is 23.5. The molecule has 3 aromatic rings. The van der Waals surface area contributed by atoms with Crippen molar-refractivity contribution < 1.29 is 18.3 Å². The molecule has 25 heavy (non-hydrogen) atoms. The van der Waals surface area contributed by atoms with Crippen LogP contribution in [0.15, 0.2) is 52.9 Å². The highest BCUT2D eigenvalue weighted by atomic mass is 19.1. The fraction of sp³-hybridized carbons (Fsp3) is 0.167. The maximum atomic E-state index is 12.9. The molecule has 1 N–H and O–H groups in total. The van der Waals surface area contributed by atoms with Gasteiger partial charge in [-0.25, -0.2) is 4.39 Å². The summed E-state index contributed by atoms with van der Waals surface area (Å²) in [5, 5.41) is 10.3. The lowest BCUT2D eigenvalue weighted by molar-refractivity contribution is 0.0920. The normalized spacial score (nSPS) is 10.5. The van der Waals surface area contributed by atoms with E-state index in [0.29, 0.717) is 18.5 Å². The number of para-hydroxylation sites is 1. The molecule has 0 aliphatic heterocycles. The SMILES string of the molecule is COc1ccccc1CCNC(=O)c1nnc(-c2ccc(F)cc2)o1. The summed E-state index contributed by atoms with van der Waals surface area (Å²) >= 11 is 0. The maximum Gasteiger partial charge on any atom is 0.308 e. The largest absolute Gasteiger partial charge is 0.496 e. The van der Waals surface area contributed by atoms with E-state index in [1.807, 2.05) is 24.3 Å². The van der Waals surface area contributed by atoms with Crippen molar-refractivity contribution in [2.24, 2.45) is 0 Å². The number of methoxy groups -OCH3 is 1. The summed E-state index contributed by atoms with van der Waals surface area (Å²) in [5.41, 5.74) is 1.53. The highest BCUT2D eigenvalue weighted by Gasteiger charge is 2.15. The first-order valence-corrected chi connectivity index (χ1v) is 7.67. The van der Waals surface area contributed by atoms with Gasteiger partial charge >= 0.3 is 11.8 Å². The van der Waals surface area contributed by atoms with Gasteiger partial charge in [0.05, 0.1) is 7.11 Å². The topological polar surface area (TPSA) is 77.2 Å². The Morgan fingerprint density at radius 2 is 1.92 bits per heavy atom. The van der Waals surface area contributed by atoms with Crippen molar-refractivity contribution in [3.63, 3.8) is 0 Å². The molecule has 0 fully saturated rings. The van der Waals surface area contributed by atoms with E-state index < -0.39 is 5.91 Å². The van der Waals surface area contributed by atoms with Crippen LogP contribution in [0.4, 0.5) is 4.39 Å². The van der Waals surface area contributed by atoms with Crippen LogP contribution in [0.1, 0.15) is 16.2 Å². The molecule has 0 saturated carbocycles. The fourth-order valence-corrected chi connectivity index (χ4v) is 2.32. The number of benzene rings is 2. The van der Waals surface area contributed by atoms with E-state index in [1.165, 1.54) is 24.3 Å². The average Bonchev–Trinajstić information content (AvgIpc) is 3.13. The first-order chi connectivity index (χ1) is 12.2. The predicted molar refractivity (Wildman–Crippen MR) is 88.7 cm³/mol. The van der Waals surface area contributed by atoms with Gasteiger partial charge in [0.25, 0.3) is 0 Å². The van der Waals surface area contributed by atoms with Crippen LogP contribution in [0, 0.1) is 5.82 Å². The zero-order valence-corrected chi connectivity index (χ0v) is 13.5. The number of halogens is 1. The van der Waals surface area contributed by atoms with Crippen LogP contribution in [-0.4, -0.2) is 29.8 Å². The van der Waals surface area contributed by atoms with Crippen molar-refractivity contribution >= 4 is 5.91 Å². The molecular formula is C18H16FN3O3. The molecule has 1 heterocycles. The van der Waals surface area contributed by atoms with Gasteiger partial charge < -0.3 is 14.5 Å². The summed E-state index contributed by atoms with van der Waals surface area (Å²) in [5.74, 6) is -0.0318. The van der Waals surface area contributed by atoms with E-state index in [2.05, 4.69) is 15.5 Å². The van der Waals surface area contributed by atoms with Gasteiger partial charge in [-0.15, -0.1) is 10.2 Å². The number of aromatic nitrogens is 2. The van der Waals surface area contributed by atoms with Crippen LogP contribution in [0.3, 0.4) is 0 Å². The molecule has 128 valence electrons. The molecule has 0 aliphatic rings. The van der Waals surface area contributed by atoms with Gasteiger partial charge in [-0.05, 0) is 42.3 Å². The molecule has 0 aliphatic carbocycles. The number of rotatable bonds is 6. The second-order valence-corrected chi connectivity index (χ2v) is 5.24. The summed E-state index contributed by atoms with van der Waals surface area (Å²) in [6.45, 7) is 0.396. The standard InChI is InChI=1S/C18H16FN3O3/c1-24-15-5-3-2-4-12(15)10-11-20-16(23)18-22-21-17(25-18)13-6-8-14(19)9-7-13/h2-9H,10-11H2,1H3,(H,20,23). The van der Waals surface area contributed by atoms with Gasteiger partial charge in [0.1, 0.15) is 11.6 Å². The smallest absolute Gasteiger partial charge is 0.308 e. The molecule has 1 amide bonds. The van der Waals surface area contributed by atoms with E-state index in [-0.39, 0.29) is 17.6 Å². The Balaban J connectivity index is 1.59. The van der Waals surface area contributed by atoms with Crippen LogP contribution in [0.2, 0.25) is 0 Å². The van der Waals surface area contributed by atoms with Crippen LogP contribution >= 0.6 is 0 Å².